The number of hydrogen-bond acceptors (Lipinski definition) is 5. The SMILES string of the molecule is COC(=O)c1cc(CN2CCCC2c2ccc(C)s2)oc1C. The van der Waals surface area contributed by atoms with Crippen LogP contribution < -0.4 is 0 Å². The molecule has 118 valence electrons. The van der Waals surface area contributed by atoms with Crippen molar-refractivity contribution in [2.45, 2.75) is 39.3 Å². The molecule has 0 bridgehead atoms. The molecule has 1 aliphatic rings. The number of thiophene rings is 1. The van der Waals surface area contributed by atoms with Crippen molar-refractivity contribution in [3.63, 3.8) is 0 Å². The monoisotopic (exact) mass is 319 g/mol. The van der Waals surface area contributed by atoms with Gasteiger partial charge in [-0.15, -0.1) is 11.3 Å². The number of likely N-dealkylation sites (tertiary alicyclic amines) is 1. The zero-order valence-corrected chi connectivity index (χ0v) is 14.0. The first-order chi connectivity index (χ1) is 10.6. The fourth-order valence-electron chi connectivity index (χ4n) is 3.10. The molecule has 2 aromatic heterocycles. The average Bonchev–Trinajstić information content (AvgIpc) is 3.19. The summed E-state index contributed by atoms with van der Waals surface area (Å²) in [6, 6.07) is 6.70. The van der Waals surface area contributed by atoms with E-state index in [2.05, 4.69) is 24.0 Å². The van der Waals surface area contributed by atoms with Crippen LogP contribution in [-0.2, 0) is 11.3 Å². The van der Waals surface area contributed by atoms with Crippen LogP contribution in [0.25, 0.3) is 0 Å². The van der Waals surface area contributed by atoms with E-state index in [-0.39, 0.29) is 5.97 Å². The summed E-state index contributed by atoms with van der Waals surface area (Å²) in [7, 11) is 1.39. The van der Waals surface area contributed by atoms with E-state index in [0.717, 1.165) is 18.8 Å². The Kier molecular flexibility index (Phi) is 4.36. The highest BCUT2D eigenvalue weighted by Crippen LogP contribution is 2.37. The second kappa shape index (κ2) is 6.26. The number of ether oxygens (including phenoxy) is 1. The predicted octanol–water partition coefficient (Wildman–Crippen LogP) is 4.08. The summed E-state index contributed by atoms with van der Waals surface area (Å²) in [6.45, 7) is 5.75. The lowest BCUT2D eigenvalue weighted by Gasteiger charge is -2.22. The zero-order valence-electron chi connectivity index (χ0n) is 13.2. The second-order valence-electron chi connectivity index (χ2n) is 5.75. The van der Waals surface area contributed by atoms with Gasteiger partial charge in [-0.2, -0.15) is 0 Å². The van der Waals surface area contributed by atoms with Crippen molar-refractivity contribution in [1.82, 2.24) is 4.90 Å². The van der Waals surface area contributed by atoms with E-state index in [9.17, 15) is 4.79 Å². The average molecular weight is 319 g/mol. The Morgan fingerprint density at radius 1 is 1.45 bits per heavy atom. The fourth-order valence-corrected chi connectivity index (χ4v) is 4.15. The van der Waals surface area contributed by atoms with Crippen LogP contribution >= 0.6 is 11.3 Å². The topological polar surface area (TPSA) is 42.7 Å². The van der Waals surface area contributed by atoms with E-state index < -0.39 is 0 Å². The Bertz CT molecular complexity index is 673. The number of rotatable bonds is 4. The summed E-state index contributed by atoms with van der Waals surface area (Å²) in [4.78, 5) is 16.9. The molecule has 0 spiro atoms. The maximum Gasteiger partial charge on any atom is 0.341 e. The zero-order chi connectivity index (χ0) is 15.7. The number of hydrogen-bond donors (Lipinski definition) is 0. The van der Waals surface area contributed by atoms with Crippen molar-refractivity contribution < 1.29 is 13.9 Å². The number of esters is 1. The molecule has 0 aliphatic carbocycles. The van der Waals surface area contributed by atoms with Gasteiger partial charge in [0.25, 0.3) is 0 Å². The van der Waals surface area contributed by atoms with E-state index >= 15 is 0 Å². The summed E-state index contributed by atoms with van der Waals surface area (Å²) >= 11 is 1.87. The van der Waals surface area contributed by atoms with Crippen molar-refractivity contribution in [3.8, 4) is 0 Å². The molecule has 1 fully saturated rings. The van der Waals surface area contributed by atoms with Crippen LogP contribution in [0.3, 0.4) is 0 Å². The van der Waals surface area contributed by atoms with Crippen LogP contribution in [0.4, 0.5) is 0 Å². The minimum Gasteiger partial charge on any atom is -0.465 e. The lowest BCUT2D eigenvalue weighted by Crippen LogP contribution is -2.21. The third-order valence-corrected chi connectivity index (χ3v) is 5.29. The van der Waals surface area contributed by atoms with Gasteiger partial charge in [-0.1, -0.05) is 0 Å². The maximum atomic E-state index is 11.7. The largest absolute Gasteiger partial charge is 0.465 e. The minimum atomic E-state index is -0.334. The summed E-state index contributed by atoms with van der Waals surface area (Å²) in [6.07, 6.45) is 2.38. The normalized spacial score (nSPS) is 18.8. The van der Waals surface area contributed by atoms with E-state index in [1.54, 1.807) is 6.92 Å². The molecule has 4 nitrogen and oxygen atoms in total. The van der Waals surface area contributed by atoms with Crippen molar-refractivity contribution in [3.05, 3.63) is 45.0 Å². The number of aryl methyl sites for hydroxylation is 2. The van der Waals surface area contributed by atoms with Crippen LogP contribution in [0.5, 0.6) is 0 Å². The maximum absolute atomic E-state index is 11.7. The molecule has 0 amide bonds. The van der Waals surface area contributed by atoms with Gasteiger partial charge in [-0.3, -0.25) is 4.90 Å². The number of methoxy groups -OCH3 is 1. The van der Waals surface area contributed by atoms with Gasteiger partial charge in [-0.05, 0) is 51.4 Å². The molecule has 1 saturated heterocycles. The highest BCUT2D eigenvalue weighted by molar-refractivity contribution is 7.12. The van der Waals surface area contributed by atoms with Crippen LogP contribution in [0.15, 0.2) is 22.6 Å². The summed E-state index contributed by atoms with van der Waals surface area (Å²) in [5.74, 6) is 1.13. The first-order valence-corrected chi connectivity index (χ1v) is 8.38. The van der Waals surface area contributed by atoms with Crippen LogP contribution in [0.2, 0.25) is 0 Å². The molecule has 0 saturated carbocycles. The quantitative estimate of drug-likeness (QED) is 0.796. The highest BCUT2D eigenvalue weighted by Gasteiger charge is 2.28. The van der Waals surface area contributed by atoms with Crippen molar-refractivity contribution >= 4 is 17.3 Å². The van der Waals surface area contributed by atoms with E-state index in [4.69, 9.17) is 9.15 Å². The van der Waals surface area contributed by atoms with Crippen LogP contribution in [-0.4, -0.2) is 24.5 Å². The van der Waals surface area contributed by atoms with Gasteiger partial charge in [0.15, 0.2) is 0 Å². The predicted molar refractivity (Wildman–Crippen MR) is 86.2 cm³/mol. The molecule has 0 aromatic carbocycles. The lowest BCUT2D eigenvalue weighted by atomic mass is 10.2. The number of carbonyl (C=O) groups is 1. The first-order valence-electron chi connectivity index (χ1n) is 7.56. The van der Waals surface area contributed by atoms with Crippen LogP contribution in [0, 0.1) is 13.8 Å². The molecule has 2 aromatic rings. The lowest BCUT2D eigenvalue weighted by molar-refractivity contribution is 0.0599. The molecule has 3 rings (SSSR count). The van der Waals surface area contributed by atoms with Crippen molar-refractivity contribution in [1.29, 1.82) is 0 Å². The summed E-state index contributed by atoms with van der Waals surface area (Å²) in [5.41, 5.74) is 0.528. The molecule has 5 heteroatoms. The molecule has 1 unspecified atom stereocenters. The minimum absolute atomic E-state index is 0.334. The Balaban J connectivity index is 1.76. The Morgan fingerprint density at radius 3 is 2.95 bits per heavy atom. The van der Waals surface area contributed by atoms with E-state index in [0.29, 0.717) is 17.4 Å². The smallest absolute Gasteiger partial charge is 0.341 e. The van der Waals surface area contributed by atoms with Crippen molar-refractivity contribution in [2.75, 3.05) is 13.7 Å². The van der Waals surface area contributed by atoms with Gasteiger partial charge < -0.3 is 9.15 Å². The Hall–Kier alpha value is -1.59. The van der Waals surface area contributed by atoms with Gasteiger partial charge in [0, 0.05) is 15.8 Å². The number of nitrogens with zero attached hydrogens (tertiary/aromatic N) is 1. The molecule has 1 atom stereocenters. The van der Waals surface area contributed by atoms with Crippen molar-refractivity contribution in [2.24, 2.45) is 0 Å². The summed E-state index contributed by atoms with van der Waals surface area (Å²) in [5, 5.41) is 0. The Labute approximate surface area is 134 Å². The van der Waals surface area contributed by atoms with Gasteiger partial charge in [0.05, 0.1) is 13.7 Å². The number of furan rings is 1. The molecule has 3 heterocycles. The molecule has 1 aliphatic heterocycles. The van der Waals surface area contributed by atoms with Crippen LogP contribution in [0.1, 0.15) is 50.5 Å². The molecule has 0 radical (unpaired) electrons. The molecule has 0 N–H and O–H groups in total. The Morgan fingerprint density at radius 2 is 2.27 bits per heavy atom. The molecule has 22 heavy (non-hydrogen) atoms. The fraction of sp³-hybridized carbons (Fsp3) is 0.471. The second-order valence-corrected chi connectivity index (χ2v) is 7.07. The molecular formula is C17H21NO3S. The van der Waals surface area contributed by atoms with E-state index in [1.165, 1.54) is 29.7 Å². The third kappa shape index (κ3) is 2.96. The van der Waals surface area contributed by atoms with Gasteiger partial charge in [0.2, 0.25) is 0 Å². The standard InChI is InChI=1S/C17H21NO3S/c1-11-6-7-16(22-11)15-5-4-8-18(15)10-13-9-14(12(2)21-13)17(19)20-3/h6-7,9,15H,4-5,8,10H2,1-3H3. The van der Waals surface area contributed by atoms with Gasteiger partial charge >= 0.3 is 5.97 Å². The number of carbonyl (C=O) groups excluding carboxylic acids is 1. The third-order valence-electron chi connectivity index (χ3n) is 4.19. The summed E-state index contributed by atoms with van der Waals surface area (Å²) < 4.78 is 10.5. The van der Waals surface area contributed by atoms with Gasteiger partial charge in [0.1, 0.15) is 17.1 Å². The highest BCUT2D eigenvalue weighted by atomic mass is 32.1. The molecular weight excluding hydrogens is 298 g/mol. The van der Waals surface area contributed by atoms with E-state index in [1.807, 2.05) is 17.4 Å². The first kappa shape index (κ1) is 15.3. The van der Waals surface area contributed by atoms with Gasteiger partial charge in [-0.25, -0.2) is 4.79 Å².